The topological polar surface area (TPSA) is 46.9 Å². The van der Waals surface area contributed by atoms with Gasteiger partial charge in [0.2, 0.25) is 0 Å². The summed E-state index contributed by atoms with van der Waals surface area (Å²) in [5, 5.41) is 3.05. The Hall–Kier alpha value is -2.62. The van der Waals surface area contributed by atoms with Gasteiger partial charge in [0.1, 0.15) is 5.52 Å². The van der Waals surface area contributed by atoms with Crippen LogP contribution in [0, 0.1) is 12.8 Å². The lowest BCUT2D eigenvalue weighted by atomic mass is 10.1. The number of carbonyl (C=O) groups is 1. The molecule has 4 rings (SSSR count). The lowest BCUT2D eigenvalue weighted by molar-refractivity contribution is 0.0953. The van der Waals surface area contributed by atoms with Crippen molar-refractivity contribution < 1.29 is 4.79 Å². The number of pyridine rings is 1. The molecule has 2 heterocycles. The van der Waals surface area contributed by atoms with E-state index in [1.165, 1.54) is 24.0 Å². The molecule has 0 unspecified atom stereocenters. The second-order valence-electron chi connectivity index (χ2n) is 6.68. The highest BCUT2D eigenvalue weighted by atomic mass is 16.1. The van der Waals surface area contributed by atoms with E-state index in [2.05, 4.69) is 46.1 Å². The van der Waals surface area contributed by atoms with Gasteiger partial charge >= 0.3 is 0 Å². The Morgan fingerprint density at radius 2 is 2.04 bits per heavy atom. The van der Waals surface area contributed by atoms with Crippen molar-refractivity contribution in [3.05, 3.63) is 65.5 Å². The fourth-order valence-corrected chi connectivity index (χ4v) is 2.96. The maximum absolute atomic E-state index is 12.5. The first-order valence-corrected chi connectivity index (χ1v) is 8.48. The third-order valence-corrected chi connectivity index (χ3v) is 4.60. The third kappa shape index (κ3) is 3.04. The van der Waals surface area contributed by atoms with Crippen LogP contribution >= 0.6 is 0 Å². The van der Waals surface area contributed by atoms with E-state index in [0.717, 1.165) is 24.1 Å². The van der Waals surface area contributed by atoms with E-state index in [0.29, 0.717) is 11.5 Å². The number of carbonyl (C=O) groups excluding carboxylic acids is 1. The quantitative estimate of drug-likeness (QED) is 0.782. The first-order valence-electron chi connectivity index (χ1n) is 8.48. The smallest absolute Gasteiger partial charge is 0.255 e. The number of aromatic nitrogens is 2. The zero-order valence-electron chi connectivity index (χ0n) is 13.8. The van der Waals surface area contributed by atoms with Gasteiger partial charge in [0, 0.05) is 25.5 Å². The molecule has 0 radical (unpaired) electrons. The maximum Gasteiger partial charge on any atom is 0.255 e. The third-order valence-electron chi connectivity index (χ3n) is 4.60. The van der Waals surface area contributed by atoms with Crippen molar-refractivity contribution in [1.29, 1.82) is 0 Å². The molecule has 1 aliphatic carbocycles. The van der Waals surface area contributed by atoms with Gasteiger partial charge in [-0.15, -0.1) is 0 Å². The standard InChI is InChI=1S/C20H21N3O/c1-14-4-6-16(7-5-14)12-23-13-17(19-18(23)3-2-10-21-19)20(24)22-11-15-8-9-15/h2-7,10,13,15H,8-9,11-12H2,1H3,(H,22,24). The van der Waals surface area contributed by atoms with Crippen molar-refractivity contribution in [3.63, 3.8) is 0 Å². The van der Waals surface area contributed by atoms with Crippen molar-refractivity contribution in [2.75, 3.05) is 6.54 Å². The molecule has 1 N–H and O–H groups in total. The van der Waals surface area contributed by atoms with Crippen molar-refractivity contribution in [3.8, 4) is 0 Å². The fraction of sp³-hybridized carbons (Fsp3) is 0.300. The van der Waals surface area contributed by atoms with Gasteiger partial charge in [0.25, 0.3) is 5.91 Å². The molecular weight excluding hydrogens is 298 g/mol. The van der Waals surface area contributed by atoms with E-state index in [1.807, 2.05) is 18.3 Å². The SMILES string of the molecule is Cc1ccc(Cn2cc(C(=O)NCC3CC3)c3ncccc32)cc1. The zero-order valence-corrected chi connectivity index (χ0v) is 13.8. The second kappa shape index (κ2) is 6.11. The summed E-state index contributed by atoms with van der Waals surface area (Å²) in [6.07, 6.45) is 6.14. The van der Waals surface area contributed by atoms with Gasteiger partial charge in [-0.2, -0.15) is 0 Å². The van der Waals surface area contributed by atoms with E-state index in [1.54, 1.807) is 6.20 Å². The van der Waals surface area contributed by atoms with Gasteiger partial charge in [-0.3, -0.25) is 9.78 Å². The summed E-state index contributed by atoms with van der Waals surface area (Å²) in [6, 6.07) is 12.4. The number of nitrogens with zero attached hydrogens (tertiary/aromatic N) is 2. The Morgan fingerprint density at radius 3 is 2.79 bits per heavy atom. The molecule has 1 amide bonds. The van der Waals surface area contributed by atoms with E-state index in [-0.39, 0.29) is 5.91 Å². The monoisotopic (exact) mass is 319 g/mol. The van der Waals surface area contributed by atoms with Gasteiger partial charge in [-0.05, 0) is 43.4 Å². The minimum absolute atomic E-state index is 0.0201. The Morgan fingerprint density at radius 1 is 1.25 bits per heavy atom. The highest BCUT2D eigenvalue weighted by molar-refractivity contribution is 6.05. The molecule has 1 fully saturated rings. The van der Waals surface area contributed by atoms with Crippen LogP contribution in [-0.4, -0.2) is 22.0 Å². The fourth-order valence-electron chi connectivity index (χ4n) is 2.96. The molecule has 122 valence electrons. The average Bonchev–Trinajstić information content (AvgIpc) is 3.36. The number of aryl methyl sites for hydroxylation is 1. The van der Waals surface area contributed by atoms with Crippen LogP contribution in [0.2, 0.25) is 0 Å². The van der Waals surface area contributed by atoms with Crippen LogP contribution in [-0.2, 0) is 6.54 Å². The van der Waals surface area contributed by atoms with Crippen LogP contribution < -0.4 is 5.32 Å². The number of nitrogens with one attached hydrogen (secondary N) is 1. The Balaban J connectivity index is 1.65. The van der Waals surface area contributed by atoms with E-state index in [9.17, 15) is 4.79 Å². The minimum Gasteiger partial charge on any atom is -0.352 e. The van der Waals surface area contributed by atoms with Crippen LogP contribution in [0.1, 0.15) is 34.3 Å². The molecule has 0 spiro atoms. The van der Waals surface area contributed by atoms with Gasteiger partial charge in [-0.1, -0.05) is 29.8 Å². The molecule has 2 aromatic heterocycles. The van der Waals surface area contributed by atoms with Gasteiger partial charge in [0.05, 0.1) is 11.1 Å². The van der Waals surface area contributed by atoms with Crippen LogP contribution in [0.15, 0.2) is 48.8 Å². The van der Waals surface area contributed by atoms with Crippen molar-refractivity contribution in [2.24, 2.45) is 5.92 Å². The van der Waals surface area contributed by atoms with Gasteiger partial charge in [-0.25, -0.2) is 0 Å². The predicted octanol–water partition coefficient (Wildman–Crippen LogP) is 3.53. The number of fused-ring (bicyclic) bond motifs is 1. The number of amides is 1. The molecule has 1 aromatic carbocycles. The second-order valence-corrected chi connectivity index (χ2v) is 6.68. The molecule has 24 heavy (non-hydrogen) atoms. The summed E-state index contributed by atoms with van der Waals surface area (Å²) in [7, 11) is 0. The number of hydrogen-bond donors (Lipinski definition) is 1. The summed E-state index contributed by atoms with van der Waals surface area (Å²) in [6.45, 7) is 3.59. The van der Waals surface area contributed by atoms with E-state index in [4.69, 9.17) is 0 Å². The highest BCUT2D eigenvalue weighted by Gasteiger charge is 2.23. The van der Waals surface area contributed by atoms with E-state index < -0.39 is 0 Å². The minimum atomic E-state index is -0.0201. The molecule has 4 nitrogen and oxygen atoms in total. The van der Waals surface area contributed by atoms with Crippen LogP contribution in [0.25, 0.3) is 11.0 Å². The van der Waals surface area contributed by atoms with Gasteiger partial charge in [0.15, 0.2) is 0 Å². The first-order chi connectivity index (χ1) is 11.7. The van der Waals surface area contributed by atoms with E-state index >= 15 is 0 Å². The normalized spacial score (nSPS) is 14.0. The molecule has 3 aromatic rings. The molecular formula is C20H21N3O. The number of hydrogen-bond acceptors (Lipinski definition) is 2. The molecule has 0 aliphatic heterocycles. The Kier molecular flexibility index (Phi) is 3.81. The zero-order chi connectivity index (χ0) is 16.5. The summed E-state index contributed by atoms with van der Waals surface area (Å²) in [5.41, 5.74) is 4.90. The number of benzene rings is 1. The Bertz CT molecular complexity index is 876. The number of rotatable bonds is 5. The predicted molar refractivity (Wildman–Crippen MR) is 95.1 cm³/mol. The van der Waals surface area contributed by atoms with Crippen molar-refractivity contribution >= 4 is 16.9 Å². The molecule has 1 aliphatic rings. The molecule has 4 heteroatoms. The maximum atomic E-state index is 12.5. The lowest BCUT2D eigenvalue weighted by Gasteiger charge is -2.05. The molecule has 0 bridgehead atoms. The van der Waals surface area contributed by atoms with Crippen LogP contribution in [0.4, 0.5) is 0 Å². The molecule has 0 atom stereocenters. The van der Waals surface area contributed by atoms with Crippen LogP contribution in [0.3, 0.4) is 0 Å². The van der Waals surface area contributed by atoms with Crippen LogP contribution in [0.5, 0.6) is 0 Å². The van der Waals surface area contributed by atoms with Gasteiger partial charge < -0.3 is 9.88 Å². The summed E-state index contributed by atoms with van der Waals surface area (Å²) < 4.78 is 2.11. The lowest BCUT2D eigenvalue weighted by Crippen LogP contribution is -2.25. The highest BCUT2D eigenvalue weighted by Crippen LogP contribution is 2.28. The largest absolute Gasteiger partial charge is 0.352 e. The Labute approximate surface area is 141 Å². The molecule has 0 saturated heterocycles. The van der Waals surface area contributed by atoms with Crippen molar-refractivity contribution in [1.82, 2.24) is 14.9 Å². The molecule has 1 saturated carbocycles. The summed E-state index contributed by atoms with van der Waals surface area (Å²) in [5.74, 6) is 0.649. The average molecular weight is 319 g/mol. The van der Waals surface area contributed by atoms with Crippen molar-refractivity contribution in [2.45, 2.75) is 26.3 Å². The summed E-state index contributed by atoms with van der Waals surface area (Å²) in [4.78, 5) is 17.0. The first kappa shape index (κ1) is 14.9. The summed E-state index contributed by atoms with van der Waals surface area (Å²) >= 11 is 0.